The van der Waals surface area contributed by atoms with Crippen LogP contribution < -0.4 is 0 Å². The summed E-state index contributed by atoms with van der Waals surface area (Å²) in [6.07, 6.45) is 3.44. The number of halogens is 1. The Kier molecular flexibility index (Phi) is 5.20. The molecular formula is C12H17BrO. The molecule has 0 aliphatic carbocycles. The van der Waals surface area contributed by atoms with Gasteiger partial charge in [-0.05, 0) is 24.1 Å². The van der Waals surface area contributed by atoms with Crippen LogP contribution in [-0.4, -0.2) is 11.7 Å². The Morgan fingerprint density at radius 2 is 2.21 bits per heavy atom. The maximum atomic E-state index is 9.28. The summed E-state index contributed by atoms with van der Waals surface area (Å²) in [5.74, 6) is 0.299. The molecule has 1 N–H and O–H groups in total. The van der Waals surface area contributed by atoms with Crippen LogP contribution in [0.3, 0.4) is 0 Å². The van der Waals surface area contributed by atoms with E-state index in [-0.39, 0.29) is 6.61 Å². The van der Waals surface area contributed by atoms with Crippen LogP contribution in [0.2, 0.25) is 0 Å². The van der Waals surface area contributed by atoms with Crippen molar-refractivity contribution >= 4 is 15.9 Å². The van der Waals surface area contributed by atoms with Gasteiger partial charge in [0.25, 0.3) is 0 Å². The molecule has 1 nitrogen and oxygen atoms in total. The molecule has 2 heteroatoms. The number of aliphatic hydroxyl groups excluding tert-OH is 1. The number of unbranched alkanes of at least 4 members (excludes halogenated alkanes) is 1. The fourth-order valence-corrected chi connectivity index (χ4v) is 1.99. The first kappa shape index (κ1) is 11.7. The zero-order valence-corrected chi connectivity index (χ0v) is 10.1. The molecule has 0 aliphatic rings. The zero-order valence-electron chi connectivity index (χ0n) is 8.54. The van der Waals surface area contributed by atoms with E-state index in [1.54, 1.807) is 0 Å². The molecule has 1 unspecified atom stereocenters. The largest absolute Gasteiger partial charge is 0.396 e. The van der Waals surface area contributed by atoms with Crippen LogP contribution in [0.1, 0.15) is 37.7 Å². The Bertz CT molecular complexity index is 273. The molecule has 0 bridgehead atoms. The SMILES string of the molecule is CCCCC(CO)c1cccc(Br)c1. The molecule has 1 aromatic rings. The van der Waals surface area contributed by atoms with Crippen molar-refractivity contribution in [2.75, 3.05) is 6.61 Å². The smallest absolute Gasteiger partial charge is 0.0499 e. The quantitative estimate of drug-likeness (QED) is 0.852. The third-order valence-electron chi connectivity index (χ3n) is 2.45. The number of rotatable bonds is 5. The fraction of sp³-hybridized carbons (Fsp3) is 0.500. The lowest BCUT2D eigenvalue weighted by atomic mass is 9.95. The van der Waals surface area contributed by atoms with Crippen LogP contribution in [-0.2, 0) is 0 Å². The van der Waals surface area contributed by atoms with Crippen LogP contribution in [0, 0.1) is 0 Å². The van der Waals surface area contributed by atoms with Crippen LogP contribution in [0.15, 0.2) is 28.7 Å². The Labute approximate surface area is 94.3 Å². The minimum absolute atomic E-state index is 0.246. The first-order valence-corrected chi connectivity index (χ1v) is 5.93. The lowest BCUT2D eigenvalue weighted by Crippen LogP contribution is -2.03. The summed E-state index contributed by atoms with van der Waals surface area (Å²) in [6.45, 7) is 2.42. The number of benzene rings is 1. The zero-order chi connectivity index (χ0) is 10.4. The van der Waals surface area contributed by atoms with Crippen LogP contribution in [0.4, 0.5) is 0 Å². The summed E-state index contributed by atoms with van der Waals surface area (Å²) in [4.78, 5) is 0. The molecule has 0 spiro atoms. The van der Waals surface area contributed by atoms with E-state index in [9.17, 15) is 5.11 Å². The molecule has 0 saturated carbocycles. The van der Waals surface area contributed by atoms with Crippen LogP contribution in [0.5, 0.6) is 0 Å². The van der Waals surface area contributed by atoms with E-state index in [4.69, 9.17) is 0 Å². The molecule has 0 saturated heterocycles. The van der Waals surface area contributed by atoms with Crippen LogP contribution in [0.25, 0.3) is 0 Å². The molecular weight excluding hydrogens is 240 g/mol. The van der Waals surface area contributed by atoms with Crippen molar-refractivity contribution in [3.05, 3.63) is 34.3 Å². The van der Waals surface area contributed by atoms with Crippen molar-refractivity contribution in [1.29, 1.82) is 0 Å². The summed E-state index contributed by atoms with van der Waals surface area (Å²) in [6, 6.07) is 8.21. The summed E-state index contributed by atoms with van der Waals surface area (Å²) >= 11 is 3.45. The summed E-state index contributed by atoms with van der Waals surface area (Å²) in [5, 5.41) is 9.28. The second-order valence-electron chi connectivity index (χ2n) is 3.58. The topological polar surface area (TPSA) is 20.2 Å². The van der Waals surface area contributed by atoms with E-state index in [0.29, 0.717) is 5.92 Å². The molecule has 1 rings (SSSR count). The Hall–Kier alpha value is -0.340. The molecule has 0 heterocycles. The lowest BCUT2D eigenvalue weighted by molar-refractivity contribution is 0.257. The number of hydrogen-bond donors (Lipinski definition) is 1. The van der Waals surface area contributed by atoms with Crippen molar-refractivity contribution in [1.82, 2.24) is 0 Å². The third-order valence-corrected chi connectivity index (χ3v) is 2.94. The van der Waals surface area contributed by atoms with Gasteiger partial charge in [-0.3, -0.25) is 0 Å². The van der Waals surface area contributed by atoms with Gasteiger partial charge >= 0.3 is 0 Å². The van der Waals surface area contributed by atoms with E-state index in [1.165, 1.54) is 18.4 Å². The first-order valence-electron chi connectivity index (χ1n) is 5.14. The van der Waals surface area contributed by atoms with Gasteiger partial charge in [0.2, 0.25) is 0 Å². The molecule has 1 atom stereocenters. The van der Waals surface area contributed by atoms with Gasteiger partial charge in [-0.2, -0.15) is 0 Å². The van der Waals surface area contributed by atoms with Gasteiger partial charge in [0.15, 0.2) is 0 Å². The van der Waals surface area contributed by atoms with Crippen molar-refractivity contribution < 1.29 is 5.11 Å². The van der Waals surface area contributed by atoms with Gasteiger partial charge in [-0.15, -0.1) is 0 Å². The van der Waals surface area contributed by atoms with Gasteiger partial charge in [0.1, 0.15) is 0 Å². The van der Waals surface area contributed by atoms with E-state index in [1.807, 2.05) is 12.1 Å². The molecule has 0 amide bonds. The van der Waals surface area contributed by atoms with Gasteiger partial charge < -0.3 is 5.11 Å². The highest BCUT2D eigenvalue weighted by atomic mass is 79.9. The van der Waals surface area contributed by atoms with E-state index >= 15 is 0 Å². The third kappa shape index (κ3) is 3.43. The molecule has 14 heavy (non-hydrogen) atoms. The maximum absolute atomic E-state index is 9.28. The van der Waals surface area contributed by atoms with Gasteiger partial charge in [-0.1, -0.05) is 47.8 Å². The van der Waals surface area contributed by atoms with Crippen molar-refractivity contribution in [3.63, 3.8) is 0 Å². The molecule has 0 radical (unpaired) electrons. The fourth-order valence-electron chi connectivity index (χ4n) is 1.57. The molecule has 78 valence electrons. The minimum atomic E-state index is 0.246. The lowest BCUT2D eigenvalue weighted by Gasteiger charge is -2.14. The Morgan fingerprint density at radius 3 is 2.79 bits per heavy atom. The molecule has 0 aromatic heterocycles. The second kappa shape index (κ2) is 6.20. The second-order valence-corrected chi connectivity index (χ2v) is 4.49. The monoisotopic (exact) mass is 256 g/mol. The normalized spacial score (nSPS) is 12.8. The van der Waals surface area contributed by atoms with Crippen molar-refractivity contribution in [3.8, 4) is 0 Å². The van der Waals surface area contributed by atoms with Crippen LogP contribution >= 0.6 is 15.9 Å². The van der Waals surface area contributed by atoms with Crippen molar-refractivity contribution in [2.45, 2.75) is 32.1 Å². The summed E-state index contributed by atoms with van der Waals surface area (Å²) in [5.41, 5.74) is 1.23. The first-order chi connectivity index (χ1) is 6.77. The Balaban J connectivity index is 2.68. The molecule has 0 aliphatic heterocycles. The van der Waals surface area contributed by atoms with E-state index in [2.05, 4.69) is 35.0 Å². The molecule has 0 fully saturated rings. The average Bonchev–Trinajstić information content (AvgIpc) is 2.19. The highest BCUT2D eigenvalue weighted by Crippen LogP contribution is 2.24. The van der Waals surface area contributed by atoms with Crippen molar-refractivity contribution in [2.24, 2.45) is 0 Å². The number of aliphatic hydroxyl groups is 1. The standard InChI is InChI=1S/C12H17BrO/c1-2-3-5-11(9-14)10-6-4-7-12(13)8-10/h4,6-8,11,14H,2-3,5,9H2,1H3. The van der Waals surface area contributed by atoms with E-state index < -0.39 is 0 Å². The highest BCUT2D eigenvalue weighted by molar-refractivity contribution is 9.10. The predicted octanol–water partition coefficient (Wildman–Crippen LogP) is 3.72. The van der Waals surface area contributed by atoms with E-state index in [0.717, 1.165) is 10.9 Å². The maximum Gasteiger partial charge on any atom is 0.0499 e. The molecule has 1 aromatic carbocycles. The average molecular weight is 257 g/mol. The van der Waals surface area contributed by atoms with Gasteiger partial charge in [0, 0.05) is 17.0 Å². The number of hydrogen-bond acceptors (Lipinski definition) is 1. The summed E-state index contributed by atoms with van der Waals surface area (Å²) < 4.78 is 1.09. The predicted molar refractivity (Wildman–Crippen MR) is 63.5 cm³/mol. The highest BCUT2D eigenvalue weighted by Gasteiger charge is 2.09. The summed E-state index contributed by atoms with van der Waals surface area (Å²) in [7, 11) is 0. The minimum Gasteiger partial charge on any atom is -0.396 e. The van der Waals surface area contributed by atoms with Gasteiger partial charge in [0.05, 0.1) is 0 Å². The van der Waals surface area contributed by atoms with Gasteiger partial charge in [-0.25, -0.2) is 0 Å². The Morgan fingerprint density at radius 1 is 1.43 bits per heavy atom.